The predicted molar refractivity (Wildman–Crippen MR) is 140 cm³/mol. The lowest BCUT2D eigenvalue weighted by Gasteiger charge is -2.37. The smallest absolute Gasteiger partial charge is 0.310 e. The van der Waals surface area contributed by atoms with Crippen LogP contribution in [-0.4, -0.2) is 75.0 Å². The van der Waals surface area contributed by atoms with Crippen molar-refractivity contribution >= 4 is 29.5 Å². The molecule has 0 radical (unpaired) electrons. The van der Waals surface area contributed by atoms with Crippen LogP contribution >= 0.6 is 11.8 Å². The van der Waals surface area contributed by atoms with Crippen LogP contribution in [0.15, 0.2) is 55.6 Å². The van der Waals surface area contributed by atoms with Crippen molar-refractivity contribution < 1.29 is 24.2 Å². The van der Waals surface area contributed by atoms with Gasteiger partial charge in [0.15, 0.2) is 0 Å². The van der Waals surface area contributed by atoms with Gasteiger partial charge in [0.05, 0.1) is 23.2 Å². The summed E-state index contributed by atoms with van der Waals surface area (Å²) in [6, 6.07) is 9.13. The molecule has 1 N–H and O–H groups in total. The second-order valence-electron chi connectivity index (χ2n) is 9.76. The lowest BCUT2D eigenvalue weighted by molar-refractivity contribution is -0.154. The van der Waals surface area contributed by atoms with Gasteiger partial charge in [0, 0.05) is 31.5 Å². The molecule has 2 bridgehead atoms. The minimum Gasteiger partial charge on any atom is -0.465 e. The number of nitrogens with zero attached hydrogens (tertiary/aromatic N) is 2. The summed E-state index contributed by atoms with van der Waals surface area (Å²) in [5.41, 5.74) is 1.00. The Hall–Kier alpha value is -2.58. The number of fused-ring (bicyclic) bond motifs is 1. The average Bonchev–Trinajstić information content (AvgIpc) is 3.52. The third kappa shape index (κ3) is 4.85. The summed E-state index contributed by atoms with van der Waals surface area (Å²) in [6.45, 7) is 8.96. The summed E-state index contributed by atoms with van der Waals surface area (Å²) in [5.74, 6) is -1.69. The van der Waals surface area contributed by atoms with Gasteiger partial charge in [0.1, 0.15) is 6.04 Å². The van der Waals surface area contributed by atoms with Gasteiger partial charge < -0.3 is 19.6 Å². The Morgan fingerprint density at radius 3 is 2.69 bits per heavy atom. The van der Waals surface area contributed by atoms with E-state index in [1.165, 1.54) is 0 Å². The maximum atomic E-state index is 14.2. The molecule has 4 rings (SSSR count). The summed E-state index contributed by atoms with van der Waals surface area (Å²) >= 11 is 1.64. The lowest BCUT2D eigenvalue weighted by Crippen LogP contribution is -2.54. The van der Waals surface area contributed by atoms with Gasteiger partial charge in [-0.3, -0.25) is 14.4 Å². The van der Waals surface area contributed by atoms with Crippen LogP contribution in [0, 0.1) is 11.8 Å². The van der Waals surface area contributed by atoms with E-state index in [0.29, 0.717) is 38.9 Å². The molecule has 0 aromatic heterocycles. The first-order chi connectivity index (χ1) is 17.5. The third-order valence-corrected chi connectivity index (χ3v) is 9.51. The maximum Gasteiger partial charge on any atom is 0.310 e. The summed E-state index contributed by atoms with van der Waals surface area (Å²) in [7, 11) is 0. The molecule has 7 nitrogen and oxygen atoms in total. The molecule has 0 aliphatic carbocycles. The van der Waals surface area contributed by atoms with Crippen molar-refractivity contribution in [3.63, 3.8) is 0 Å². The second-order valence-corrected chi connectivity index (χ2v) is 11.4. The van der Waals surface area contributed by atoms with E-state index in [4.69, 9.17) is 4.74 Å². The van der Waals surface area contributed by atoms with E-state index in [-0.39, 0.29) is 36.2 Å². The molecule has 3 saturated heterocycles. The van der Waals surface area contributed by atoms with Crippen molar-refractivity contribution in [3.05, 3.63) is 61.2 Å². The molecule has 1 aromatic rings. The molecule has 1 aromatic carbocycles. The molecule has 2 amide bonds. The number of aliphatic hydroxyl groups excluding tert-OH is 1. The van der Waals surface area contributed by atoms with Gasteiger partial charge in [-0.2, -0.15) is 0 Å². The number of likely N-dealkylation sites (tertiary alicyclic amines) is 1. The van der Waals surface area contributed by atoms with Gasteiger partial charge in [-0.1, -0.05) is 42.5 Å². The van der Waals surface area contributed by atoms with Crippen molar-refractivity contribution in [2.24, 2.45) is 11.8 Å². The number of hydrogen-bond donors (Lipinski definition) is 1. The minimum atomic E-state index is -0.654. The zero-order valence-electron chi connectivity index (χ0n) is 20.7. The molecule has 0 saturated carbocycles. The van der Waals surface area contributed by atoms with Crippen LogP contribution in [0.5, 0.6) is 0 Å². The highest BCUT2D eigenvalue weighted by atomic mass is 32.2. The molecule has 8 heteroatoms. The van der Waals surface area contributed by atoms with E-state index >= 15 is 0 Å². The second kappa shape index (κ2) is 11.6. The van der Waals surface area contributed by atoms with Gasteiger partial charge in [-0.15, -0.1) is 24.9 Å². The summed E-state index contributed by atoms with van der Waals surface area (Å²) < 4.78 is 4.89. The van der Waals surface area contributed by atoms with E-state index in [9.17, 15) is 19.5 Å². The summed E-state index contributed by atoms with van der Waals surface area (Å²) in [5, 5.41) is 9.30. The molecule has 194 valence electrons. The van der Waals surface area contributed by atoms with E-state index in [1.807, 2.05) is 30.3 Å². The first-order valence-electron chi connectivity index (χ1n) is 12.8. The fraction of sp³-hybridized carbons (Fsp3) is 0.536. The van der Waals surface area contributed by atoms with E-state index < -0.39 is 22.6 Å². The van der Waals surface area contributed by atoms with Gasteiger partial charge in [-0.05, 0) is 37.7 Å². The molecule has 3 aliphatic rings. The summed E-state index contributed by atoms with van der Waals surface area (Å²) in [4.78, 5) is 44.7. The van der Waals surface area contributed by atoms with E-state index in [0.717, 1.165) is 18.4 Å². The molecular formula is C28H36N2O5S. The highest BCUT2D eigenvalue weighted by Crippen LogP contribution is 2.66. The Bertz CT molecular complexity index is 985. The predicted octanol–water partition coefficient (Wildman–Crippen LogP) is 3.18. The van der Waals surface area contributed by atoms with Crippen LogP contribution in [0.25, 0.3) is 0 Å². The van der Waals surface area contributed by atoms with Crippen LogP contribution in [0.4, 0.5) is 0 Å². The Kier molecular flexibility index (Phi) is 8.57. The summed E-state index contributed by atoms with van der Waals surface area (Å²) in [6.07, 6.45) is 6.61. The lowest BCUT2D eigenvalue weighted by atomic mass is 9.71. The molecular weight excluding hydrogens is 476 g/mol. The van der Waals surface area contributed by atoms with Gasteiger partial charge in [-0.25, -0.2) is 0 Å². The quantitative estimate of drug-likeness (QED) is 0.248. The maximum absolute atomic E-state index is 14.2. The molecule has 3 aliphatic heterocycles. The number of carbonyl (C=O) groups excluding carboxylic acids is 3. The van der Waals surface area contributed by atoms with Crippen LogP contribution in [0.1, 0.15) is 37.7 Å². The van der Waals surface area contributed by atoms with Gasteiger partial charge in [0.25, 0.3) is 0 Å². The molecule has 2 unspecified atom stereocenters. The van der Waals surface area contributed by atoms with Crippen LogP contribution < -0.4 is 0 Å². The van der Waals surface area contributed by atoms with Gasteiger partial charge in [0.2, 0.25) is 11.8 Å². The van der Waals surface area contributed by atoms with E-state index in [2.05, 4.69) is 13.2 Å². The normalized spacial score (nSPS) is 28.1. The number of hydrogen-bond acceptors (Lipinski definition) is 6. The van der Waals surface area contributed by atoms with Gasteiger partial charge >= 0.3 is 5.97 Å². The van der Waals surface area contributed by atoms with Crippen molar-refractivity contribution in [3.8, 4) is 0 Å². The molecule has 36 heavy (non-hydrogen) atoms. The Labute approximate surface area is 217 Å². The first kappa shape index (κ1) is 26.5. The van der Waals surface area contributed by atoms with Crippen LogP contribution in [0.2, 0.25) is 0 Å². The first-order valence-corrected chi connectivity index (χ1v) is 13.7. The SMILES string of the molecule is C=CCCOC(=O)[C@@H]1[C@H]2C(=O)N(CCCCO)C(C(=O)N(CC=C)Cc3ccccc3)C23CC[C@H]1S3. The third-order valence-electron chi connectivity index (χ3n) is 7.56. The van der Waals surface area contributed by atoms with E-state index in [1.54, 1.807) is 33.7 Å². The largest absolute Gasteiger partial charge is 0.465 e. The standard InChI is InChI=1S/C28H36N2O5S/c1-3-5-18-35-27(34)22-21-13-14-28(36-21)23(22)25(32)30(16-9-10-17-31)24(28)26(33)29(15-4-2)19-20-11-7-6-8-12-20/h3-4,6-8,11-12,21-24,31H,1-2,5,9-10,13-19H2/t21-,22+,23+,24?,28?/m1/s1. The van der Waals surface area contributed by atoms with Crippen LogP contribution in [0.3, 0.4) is 0 Å². The Morgan fingerprint density at radius 2 is 2.00 bits per heavy atom. The monoisotopic (exact) mass is 512 g/mol. The minimum absolute atomic E-state index is 0.0212. The number of unbranched alkanes of at least 4 members (excludes halogenated alkanes) is 1. The van der Waals surface area contributed by atoms with Crippen molar-refractivity contribution in [2.75, 3.05) is 26.3 Å². The molecule has 3 fully saturated rings. The Balaban J connectivity index is 1.65. The number of rotatable bonds is 13. The number of amides is 2. The number of carbonyl (C=O) groups is 3. The average molecular weight is 513 g/mol. The highest BCUT2D eigenvalue weighted by molar-refractivity contribution is 8.02. The fourth-order valence-corrected chi connectivity index (χ4v) is 8.24. The topological polar surface area (TPSA) is 87.1 Å². The Morgan fingerprint density at radius 1 is 1.22 bits per heavy atom. The molecule has 1 spiro atoms. The number of esters is 1. The zero-order chi connectivity index (χ0) is 25.7. The molecule has 5 atom stereocenters. The highest BCUT2D eigenvalue weighted by Gasteiger charge is 2.74. The number of ether oxygens (including phenoxy) is 1. The number of thioether (sulfide) groups is 1. The van der Waals surface area contributed by atoms with Crippen molar-refractivity contribution in [1.82, 2.24) is 9.80 Å². The number of aliphatic hydroxyl groups is 1. The zero-order valence-corrected chi connectivity index (χ0v) is 21.5. The number of benzene rings is 1. The van der Waals surface area contributed by atoms with Crippen LogP contribution in [-0.2, 0) is 25.7 Å². The van der Waals surface area contributed by atoms with Crippen molar-refractivity contribution in [2.45, 2.75) is 54.7 Å². The van der Waals surface area contributed by atoms with Crippen molar-refractivity contribution in [1.29, 1.82) is 0 Å². The molecule has 3 heterocycles. The fourth-order valence-electron chi connectivity index (χ4n) is 6.04.